The first-order valence-electron chi connectivity index (χ1n) is 8.83. The van der Waals surface area contributed by atoms with Gasteiger partial charge in [0, 0.05) is 24.5 Å². The molecule has 7 heteroatoms. The van der Waals surface area contributed by atoms with Crippen molar-refractivity contribution in [2.24, 2.45) is 0 Å². The molecule has 1 aromatic heterocycles. The Morgan fingerprint density at radius 3 is 2.54 bits per heavy atom. The van der Waals surface area contributed by atoms with Gasteiger partial charge >= 0.3 is 0 Å². The number of hydrogen-bond acceptors (Lipinski definition) is 5. The molecule has 1 aliphatic heterocycles. The molecule has 0 saturated carbocycles. The van der Waals surface area contributed by atoms with Crippen LogP contribution in [0.4, 0.5) is 15.9 Å². The third-order valence-electron chi connectivity index (χ3n) is 4.21. The molecule has 0 aliphatic carbocycles. The van der Waals surface area contributed by atoms with Crippen LogP contribution < -0.4 is 20.1 Å². The van der Waals surface area contributed by atoms with Gasteiger partial charge in [-0.3, -0.25) is 4.79 Å². The van der Waals surface area contributed by atoms with Crippen LogP contribution in [0.3, 0.4) is 0 Å². The highest BCUT2D eigenvalue weighted by molar-refractivity contribution is 5.94. The summed E-state index contributed by atoms with van der Waals surface area (Å²) < 4.78 is 24.0. The maximum Gasteiger partial charge on any atom is 0.253 e. The number of halogens is 1. The standard InChI is InChI=1S/C21H18FN3O3/c22-16-4-1-14(2-5-16)12-24-21(26)15-3-8-20(23-13-15)25-17-6-7-18-19(11-17)28-10-9-27-18/h1-8,11,13H,9-10,12H2,(H,23,25)(H,24,26). The van der Waals surface area contributed by atoms with E-state index in [9.17, 15) is 9.18 Å². The summed E-state index contributed by atoms with van der Waals surface area (Å²) in [4.78, 5) is 16.5. The Labute approximate surface area is 161 Å². The van der Waals surface area contributed by atoms with E-state index in [-0.39, 0.29) is 11.7 Å². The number of carbonyl (C=O) groups is 1. The van der Waals surface area contributed by atoms with Gasteiger partial charge in [-0.25, -0.2) is 9.37 Å². The predicted octanol–water partition coefficient (Wildman–Crippen LogP) is 3.67. The molecule has 0 bridgehead atoms. The molecular weight excluding hydrogens is 361 g/mol. The van der Waals surface area contributed by atoms with Crippen LogP contribution in [0.1, 0.15) is 15.9 Å². The molecular formula is C21H18FN3O3. The largest absolute Gasteiger partial charge is 0.486 e. The Hall–Kier alpha value is -3.61. The number of hydrogen-bond donors (Lipinski definition) is 2. The van der Waals surface area contributed by atoms with E-state index in [1.807, 2.05) is 18.2 Å². The third kappa shape index (κ3) is 4.20. The zero-order chi connectivity index (χ0) is 19.3. The summed E-state index contributed by atoms with van der Waals surface area (Å²) >= 11 is 0. The molecule has 0 spiro atoms. The van der Waals surface area contributed by atoms with Crippen molar-refractivity contribution in [2.75, 3.05) is 18.5 Å². The summed E-state index contributed by atoms with van der Waals surface area (Å²) in [7, 11) is 0. The van der Waals surface area contributed by atoms with E-state index in [0.29, 0.717) is 36.9 Å². The Morgan fingerprint density at radius 2 is 1.79 bits per heavy atom. The van der Waals surface area contributed by atoms with Gasteiger partial charge in [0.2, 0.25) is 0 Å². The van der Waals surface area contributed by atoms with Gasteiger partial charge in [0.25, 0.3) is 5.91 Å². The first-order valence-corrected chi connectivity index (χ1v) is 8.83. The lowest BCUT2D eigenvalue weighted by atomic mass is 10.2. The molecule has 0 fully saturated rings. The summed E-state index contributed by atoms with van der Waals surface area (Å²) in [6, 6.07) is 15.0. The van der Waals surface area contributed by atoms with Crippen molar-refractivity contribution in [3.63, 3.8) is 0 Å². The number of nitrogens with one attached hydrogen (secondary N) is 2. The second kappa shape index (κ2) is 7.96. The van der Waals surface area contributed by atoms with Crippen LogP contribution in [0.15, 0.2) is 60.8 Å². The molecule has 1 amide bonds. The number of anilines is 2. The van der Waals surface area contributed by atoms with Crippen LogP contribution in [-0.4, -0.2) is 24.1 Å². The van der Waals surface area contributed by atoms with Gasteiger partial charge < -0.3 is 20.1 Å². The highest BCUT2D eigenvalue weighted by atomic mass is 19.1. The second-order valence-corrected chi connectivity index (χ2v) is 6.22. The van der Waals surface area contributed by atoms with Gasteiger partial charge in [-0.05, 0) is 42.0 Å². The zero-order valence-corrected chi connectivity index (χ0v) is 14.9. The van der Waals surface area contributed by atoms with Crippen LogP contribution in [-0.2, 0) is 6.54 Å². The Morgan fingerprint density at radius 1 is 1.00 bits per heavy atom. The van der Waals surface area contributed by atoms with E-state index in [1.165, 1.54) is 18.3 Å². The lowest BCUT2D eigenvalue weighted by Crippen LogP contribution is -2.22. The van der Waals surface area contributed by atoms with Gasteiger partial charge in [-0.1, -0.05) is 12.1 Å². The average Bonchev–Trinajstić information content (AvgIpc) is 2.73. The van der Waals surface area contributed by atoms with Crippen molar-refractivity contribution in [3.05, 3.63) is 77.7 Å². The molecule has 142 valence electrons. The summed E-state index contributed by atoms with van der Waals surface area (Å²) in [6.45, 7) is 1.39. The minimum absolute atomic E-state index is 0.247. The number of benzene rings is 2. The Bertz CT molecular complexity index is 975. The van der Waals surface area contributed by atoms with Crippen molar-refractivity contribution in [2.45, 2.75) is 6.54 Å². The normalized spacial score (nSPS) is 12.3. The Kier molecular flexibility index (Phi) is 5.05. The molecule has 6 nitrogen and oxygen atoms in total. The molecule has 3 aromatic rings. The second-order valence-electron chi connectivity index (χ2n) is 6.22. The fourth-order valence-corrected chi connectivity index (χ4v) is 2.76. The van der Waals surface area contributed by atoms with Crippen molar-refractivity contribution >= 4 is 17.4 Å². The van der Waals surface area contributed by atoms with Crippen LogP contribution >= 0.6 is 0 Å². The molecule has 2 aromatic carbocycles. The van der Waals surface area contributed by atoms with Crippen molar-refractivity contribution in [3.8, 4) is 11.5 Å². The van der Waals surface area contributed by atoms with E-state index in [2.05, 4.69) is 15.6 Å². The number of aromatic nitrogens is 1. The first kappa shape index (κ1) is 17.8. The van der Waals surface area contributed by atoms with E-state index in [0.717, 1.165) is 17.0 Å². The summed E-state index contributed by atoms with van der Waals surface area (Å²) in [5.41, 5.74) is 2.07. The number of ether oxygens (including phenoxy) is 2. The fraction of sp³-hybridized carbons (Fsp3) is 0.143. The van der Waals surface area contributed by atoms with Crippen molar-refractivity contribution < 1.29 is 18.7 Å². The van der Waals surface area contributed by atoms with Crippen LogP contribution in [0.25, 0.3) is 0 Å². The molecule has 0 saturated heterocycles. The lowest BCUT2D eigenvalue weighted by molar-refractivity contribution is 0.0950. The molecule has 4 rings (SSSR count). The zero-order valence-electron chi connectivity index (χ0n) is 14.9. The summed E-state index contributed by atoms with van der Waals surface area (Å²) in [6.07, 6.45) is 1.50. The molecule has 28 heavy (non-hydrogen) atoms. The van der Waals surface area contributed by atoms with E-state index in [1.54, 1.807) is 24.3 Å². The average molecular weight is 379 g/mol. The molecule has 0 radical (unpaired) electrons. The van der Waals surface area contributed by atoms with E-state index in [4.69, 9.17) is 9.47 Å². The third-order valence-corrected chi connectivity index (χ3v) is 4.21. The number of amides is 1. The minimum atomic E-state index is -0.305. The van der Waals surface area contributed by atoms with Crippen LogP contribution in [0, 0.1) is 5.82 Å². The molecule has 1 aliphatic rings. The maximum atomic E-state index is 12.9. The van der Waals surface area contributed by atoms with Crippen molar-refractivity contribution in [1.82, 2.24) is 10.3 Å². The maximum absolute atomic E-state index is 12.9. The van der Waals surface area contributed by atoms with Crippen LogP contribution in [0.2, 0.25) is 0 Å². The highest BCUT2D eigenvalue weighted by Crippen LogP contribution is 2.33. The summed E-state index contributed by atoms with van der Waals surface area (Å²) in [5, 5.41) is 5.96. The SMILES string of the molecule is O=C(NCc1ccc(F)cc1)c1ccc(Nc2ccc3c(c2)OCCO3)nc1. The van der Waals surface area contributed by atoms with Gasteiger partial charge in [0.15, 0.2) is 11.5 Å². The van der Waals surface area contributed by atoms with Gasteiger partial charge in [-0.15, -0.1) is 0 Å². The van der Waals surface area contributed by atoms with E-state index >= 15 is 0 Å². The number of carbonyl (C=O) groups excluding carboxylic acids is 1. The summed E-state index contributed by atoms with van der Waals surface area (Å²) in [5.74, 6) is 1.46. The quantitative estimate of drug-likeness (QED) is 0.708. The number of nitrogens with zero attached hydrogens (tertiary/aromatic N) is 1. The predicted molar refractivity (Wildman–Crippen MR) is 103 cm³/mol. The van der Waals surface area contributed by atoms with Crippen molar-refractivity contribution in [1.29, 1.82) is 0 Å². The van der Waals surface area contributed by atoms with Gasteiger partial charge in [0.05, 0.1) is 5.56 Å². The minimum Gasteiger partial charge on any atom is -0.486 e. The lowest BCUT2D eigenvalue weighted by Gasteiger charge is -2.19. The number of rotatable bonds is 5. The molecule has 2 N–H and O–H groups in total. The highest BCUT2D eigenvalue weighted by Gasteiger charge is 2.12. The van der Waals surface area contributed by atoms with Gasteiger partial charge in [0.1, 0.15) is 24.8 Å². The fourth-order valence-electron chi connectivity index (χ4n) is 2.76. The molecule has 0 atom stereocenters. The Balaban J connectivity index is 1.36. The molecule has 0 unspecified atom stereocenters. The monoisotopic (exact) mass is 379 g/mol. The topological polar surface area (TPSA) is 72.5 Å². The van der Waals surface area contributed by atoms with Gasteiger partial charge in [-0.2, -0.15) is 0 Å². The molecule has 2 heterocycles. The number of fused-ring (bicyclic) bond motifs is 1. The van der Waals surface area contributed by atoms with Crippen LogP contribution in [0.5, 0.6) is 11.5 Å². The number of pyridine rings is 1. The van der Waals surface area contributed by atoms with E-state index < -0.39 is 0 Å². The first-order chi connectivity index (χ1) is 13.7. The smallest absolute Gasteiger partial charge is 0.253 e.